The highest BCUT2D eigenvalue weighted by Crippen LogP contribution is 2.41. The van der Waals surface area contributed by atoms with Gasteiger partial charge >= 0.3 is 0 Å². The highest BCUT2D eigenvalue weighted by molar-refractivity contribution is 5.90. The van der Waals surface area contributed by atoms with Crippen molar-refractivity contribution in [3.05, 3.63) is 35.2 Å². The van der Waals surface area contributed by atoms with E-state index in [-0.39, 0.29) is 23.7 Å². The molecule has 2 aliphatic carbocycles. The SMILES string of the molecule is CC(=O)N1CC[C@H]1C(=O)C[C@@H]1CCc2cc(-c3noc(C4CC4)n3)ccc21. The molecule has 0 spiro atoms. The standard InChI is InChI=1S/C21H23N3O3/c1-12(25)24-9-8-18(24)19(26)11-15-5-4-14-10-16(6-7-17(14)15)20-22-21(27-23-20)13-2-3-13/h6-7,10,13,15,18H,2-5,8-9,11H2,1H3/t15-,18-/m0/s1. The minimum absolute atomic E-state index is 0.00161. The molecule has 2 aromatic rings. The van der Waals surface area contributed by atoms with Crippen LogP contribution < -0.4 is 0 Å². The van der Waals surface area contributed by atoms with Gasteiger partial charge < -0.3 is 9.42 Å². The lowest BCUT2D eigenvalue weighted by Gasteiger charge is -2.39. The van der Waals surface area contributed by atoms with E-state index in [1.807, 2.05) is 6.07 Å². The molecule has 1 aromatic heterocycles. The number of Topliss-reactive ketones (excluding diaryl/α,β-unsaturated/α-hetero) is 1. The molecule has 2 heterocycles. The van der Waals surface area contributed by atoms with Gasteiger partial charge in [-0.3, -0.25) is 9.59 Å². The van der Waals surface area contributed by atoms with Crippen LogP contribution in [0.15, 0.2) is 22.7 Å². The lowest BCUT2D eigenvalue weighted by molar-refractivity contribution is -0.144. The Kier molecular flexibility index (Phi) is 3.88. The number of nitrogens with zero attached hydrogens (tertiary/aromatic N) is 3. The largest absolute Gasteiger partial charge is 0.339 e. The average Bonchev–Trinajstić information content (AvgIpc) is 3.20. The lowest BCUT2D eigenvalue weighted by atomic mass is 9.88. The summed E-state index contributed by atoms with van der Waals surface area (Å²) in [5, 5.41) is 4.13. The Morgan fingerprint density at radius 3 is 2.78 bits per heavy atom. The molecular weight excluding hydrogens is 342 g/mol. The fourth-order valence-electron chi connectivity index (χ4n) is 4.38. The number of rotatable bonds is 5. The highest BCUT2D eigenvalue weighted by atomic mass is 16.5. The van der Waals surface area contributed by atoms with Crippen molar-refractivity contribution < 1.29 is 14.1 Å². The first-order valence-corrected chi connectivity index (χ1v) is 9.87. The maximum atomic E-state index is 12.6. The van der Waals surface area contributed by atoms with Crippen LogP contribution in [0.5, 0.6) is 0 Å². The van der Waals surface area contributed by atoms with Gasteiger partial charge in [-0.05, 0) is 55.2 Å². The van der Waals surface area contributed by atoms with Crippen molar-refractivity contribution in [2.45, 2.75) is 63.3 Å². The molecule has 0 unspecified atom stereocenters. The zero-order valence-corrected chi connectivity index (χ0v) is 15.5. The van der Waals surface area contributed by atoms with Gasteiger partial charge in [0.15, 0.2) is 5.78 Å². The molecule has 0 N–H and O–H groups in total. The minimum Gasteiger partial charge on any atom is -0.339 e. The summed E-state index contributed by atoms with van der Waals surface area (Å²) in [5.41, 5.74) is 3.52. The van der Waals surface area contributed by atoms with Crippen LogP contribution in [0.3, 0.4) is 0 Å². The van der Waals surface area contributed by atoms with Crippen molar-refractivity contribution in [2.24, 2.45) is 0 Å². The second-order valence-electron chi connectivity index (χ2n) is 8.07. The van der Waals surface area contributed by atoms with Gasteiger partial charge in [0, 0.05) is 31.4 Å². The Morgan fingerprint density at radius 2 is 2.07 bits per heavy atom. The normalized spacial score (nSPS) is 23.8. The van der Waals surface area contributed by atoms with Crippen LogP contribution in [-0.4, -0.2) is 39.3 Å². The van der Waals surface area contributed by atoms with E-state index in [9.17, 15) is 9.59 Å². The maximum absolute atomic E-state index is 12.6. The molecule has 1 saturated carbocycles. The second kappa shape index (κ2) is 6.29. The van der Waals surface area contributed by atoms with Crippen LogP contribution in [0.1, 0.15) is 67.9 Å². The number of carbonyl (C=O) groups is 2. The Labute approximate surface area is 157 Å². The number of ketones is 1. The van der Waals surface area contributed by atoms with Crippen LogP contribution in [0, 0.1) is 0 Å². The molecule has 1 aliphatic heterocycles. The van der Waals surface area contributed by atoms with Gasteiger partial charge in [0.25, 0.3) is 0 Å². The Morgan fingerprint density at radius 1 is 1.22 bits per heavy atom. The molecule has 3 aliphatic rings. The summed E-state index contributed by atoms with van der Waals surface area (Å²) in [6.45, 7) is 2.25. The summed E-state index contributed by atoms with van der Waals surface area (Å²) in [4.78, 5) is 30.4. The molecule has 1 saturated heterocycles. The van der Waals surface area contributed by atoms with E-state index in [2.05, 4.69) is 22.3 Å². The van der Waals surface area contributed by atoms with E-state index < -0.39 is 0 Å². The number of likely N-dealkylation sites (tertiary alicyclic amines) is 1. The predicted molar refractivity (Wildman–Crippen MR) is 98.2 cm³/mol. The molecule has 2 fully saturated rings. The summed E-state index contributed by atoms with van der Waals surface area (Å²) in [6.07, 6.45) is 5.56. The summed E-state index contributed by atoms with van der Waals surface area (Å²) in [5.74, 6) is 2.32. The van der Waals surface area contributed by atoms with E-state index in [4.69, 9.17) is 4.52 Å². The third kappa shape index (κ3) is 2.97. The van der Waals surface area contributed by atoms with Crippen molar-refractivity contribution in [1.29, 1.82) is 0 Å². The molecule has 6 heteroatoms. The molecule has 1 amide bonds. The molecule has 27 heavy (non-hydrogen) atoms. The zero-order valence-electron chi connectivity index (χ0n) is 15.5. The smallest absolute Gasteiger partial charge is 0.230 e. The van der Waals surface area contributed by atoms with E-state index in [1.165, 1.54) is 11.1 Å². The van der Waals surface area contributed by atoms with Crippen LogP contribution in [-0.2, 0) is 16.0 Å². The van der Waals surface area contributed by atoms with Crippen molar-refractivity contribution in [3.8, 4) is 11.4 Å². The van der Waals surface area contributed by atoms with Gasteiger partial charge in [-0.25, -0.2) is 0 Å². The van der Waals surface area contributed by atoms with Crippen molar-refractivity contribution in [2.75, 3.05) is 6.54 Å². The third-order valence-electron chi connectivity index (χ3n) is 6.21. The van der Waals surface area contributed by atoms with Crippen LogP contribution >= 0.6 is 0 Å². The molecule has 6 nitrogen and oxygen atoms in total. The number of benzene rings is 1. The van der Waals surface area contributed by atoms with E-state index >= 15 is 0 Å². The average molecular weight is 365 g/mol. The third-order valence-corrected chi connectivity index (χ3v) is 6.21. The second-order valence-corrected chi connectivity index (χ2v) is 8.07. The van der Waals surface area contributed by atoms with E-state index in [0.29, 0.717) is 24.7 Å². The van der Waals surface area contributed by atoms with Gasteiger partial charge in [-0.2, -0.15) is 4.98 Å². The van der Waals surface area contributed by atoms with Crippen LogP contribution in [0.4, 0.5) is 0 Å². The van der Waals surface area contributed by atoms with Gasteiger partial charge in [-0.15, -0.1) is 0 Å². The fourth-order valence-corrected chi connectivity index (χ4v) is 4.38. The Bertz CT molecular complexity index is 915. The molecule has 5 rings (SSSR count). The summed E-state index contributed by atoms with van der Waals surface area (Å²) < 4.78 is 5.37. The molecule has 1 aromatic carbocycles. The zero-order chi connectivity index (χ0) is 18.5. The number of hydrogen-bond acceptors (Lipinski definition) is 5. The molecule has 0 radical (unpaired) electrons. The topological polar surface area (TPSA) is 76.3 Å². The van der Waals surface area contributed by atoms with Crippen LogP contribution in [0.25, 0.3) is 11.4 Å². The summed E-state index contributed by atoms with van der Waals surface area (Å²) >= 11 is 0. The number of amides is 1. The van der Waals surface area contributed by atoms with Gasteiger partial charge in [0.2, 0.25) is 17.6 Å². The Hall–Kier alpha value is -2.50. The number of carbonyl (C=O) groups excluding carboxylic acids is 2. The monoisotopic (exact) mass is 365 g/mol. The fraction of sp³-hybridized carbons (Fsp3) is 0.524. The first kappa shape index (κ1) is 16.7. The number of aromatic nitrogens is 2. The summed E-state index contributed by atoms with van der Waals surface area (Å²) in [7, 11) is 0. The number of aryl methyl sites for hydroxylation is 1. The first-order valence-electron chi connectivity index (χ1n) is 9.87. The first-order chi connectivity index (χ1) is 13.1. The van der Waals surface area contributed by atoms with Crippen molar-refractivity contribution in [1.82, 2.24) is 15.0 Å². The highest BCUT2D eigenvalue weighted by Gasteiger charge is 2.37. The van der Waals surface area contributed by atoms with Crippen molar-refractivity contribution in [3.63, 3.8) is 0 Å². The minimum atomic E-state index is -0.203. The van der Waals surface area contributed by atoms with E-state index in [0.717, 1.165) is 43.6 Å². The van der Waals surface area contributed by atoms with Crippen LogP contribution in [0.2, 0.25) is 0 Å². The van der Waals surface area contributed by atoms with Gasteiger partial charge in [0.1, 0.15) is 0 Å². The quantitative estimate of drug-likeness (QED) is 0.813. The predicted octanol–water partition coefficient (Wildman–Crippen LogP) is 3.22. The maximum Gasteiger partial charge on any atom is 0.230 e. The molecule has 0 bridgehead atoms. The lowest BCUT2D eigenvalue weighted by Crippen LogP contribution is -2.54. The molecule has 140 valence electrons. The van der Waals surface area contributed by atoms with E-state index in [1.54, 1.807) is 11.8 Å². The van der Waals surface area contributed by atoms with Gasteiger partial charge in [0.05, 0.1) is 6.04 Å². The van der Waals surface area contributed by atoms with Crippen molar-refractivity contribution >= 4 is 11.7 Å². The number of hydrogen-bond donors (Lipinski definition) is 0. The molecule has 2 atom stereocenters. The number of fused-ring (bicyclic) bond motifs is 1. The Balaban J connectivity index is 1.30. The summed E-state index contributed by atoms with van der Waals surface area (Å²) in [6, 6.07) is 6.10. The molecular formula is C21H23N3O3. The van der Waals surface area contributed by atoms with Gasteiger partial charge in [-0.1, -0.05) is 17.3 Å².